The van der Waals surface area contributed by atoms with Crippen LogP contribution in [0.4, 0.5) is 5.95 Å². The van der Waals surface area contributed by atoms with Gasteiger partial charge in [-0.05, 0) is 24.3 Å². The van der Waals surface area contributed by atoms with Crippen molar-refractivity contribution in [2.24, 2.45) is 0 Å². The van der Waals surface area contributed by atoms with Gasteiger partial charge in [0.1, 0.15) is 0 Å². The number of ether oxygens (including phenoxy) is 3. The fourth-order valence-corrected chi connectivity index (χ4v) is 2.47. The van der Waals surface area contributed by atoms with Gasteiger partial charge >= 0.3 is 0 Å². The van der Waals surface area contributed by atoms with Crippen LogP contribution in [0.1, 0.15) is 0 Å². The van der Waals surface area contributed by atoms with Crippen molar-refractivity contribution in [3.8, 4) is 34.7 Å². The maximum Gasteiger partial charge on any atom is 0.226 e. The first kappa shape index (κ1) is 15.8. The largest absolute Gasteiger partial charge is 0.493 e. The van der Waals surface area contributed by atoms with Gasteiger partial charge in [-0.2, -0.15) is 9.50 Å². The lowest BCUT2D eigenvalue weighted by molar-refractivity contribution is 0.342. The maximum absolute atomic E-state index is 5.99. The van der Waals surface area contributed by atoms with Gasteiger partial charge < -0.3 is 24.4 Å². The zero-order chi connectivity index (χ0) is 18.1. The average Bonchev–Trinajstić information content (AvgIpc) is 3.31. The summed E-state index contributed by atoms with van der Waals surface area (Å²) < 4.78 is 23.2. The molecule has 9 nitrogen and oxygen atoms in total. The van der Waals surface area contributed by atoms with Crippen molar-refractivity contribution >= 4 is 11.6 Å². The molecule has 0 aliphatic carbocycles. The van der Waals surface area contributed by atoms with Crippen LogP contribution < -0.4 is 19.9 Å². The van der Waals surface area contributed by atoms with Crippen LogP contribution in [0.25, 0.3) is 17.2 Å². The standard InChI is InChI=1S/C17H15N5O4/c1-23-10-5-3-6-11(24-2)15(10)26-14-9-13-19-16(12-7-4-8-25-12)21-22(13)17(18)20-14/h3-9H,1-2H3,(H2,18,20). The Balaban J connectivity index is 1.77. The summed E-state index contributed by atoms with van der Waals surface area (Å²) in [5.41, 5.74) is 6.46. The van der Waals surface area contributed by atoms with Crippen molar-refractivity contribution in [3.63, 3.8) is 0 Å². The fourth-order valence-electron chi connectivity index (χ4n) is 2.47. The predicted octanol–water partition coefficient (Wildman–Crippen LogP) is 2.78. The number of nitrogens with zero attached hydrogens (tertiary/aromatic N) is 4. The van der Waals surface area contributed by atoms with Crippen LogP contribution in [-0.2, 0) is 0 Å². The maximum atomic E-state index is 5.99. The highest BCUT2D eigenvalue weighted by Crippen LogP contribution is 2.39. The molecule has 0 amide bonds. The van der Waals surface area contributed by atoms with Gasteiger partial charge in [0.25, 0.3) is 0 Å². The zero-order valence-electron chi connectivity index (χ0n) is 14.0. The number of benzene rings is 1. The molecular weight excluding hydrogens is 338 g/mol. The van der Waals surface area contributed by atoms with Crippen LogP contribution in [0, 0.1) is 0 Å². The normalized spacial score (nSPS) is 10.8. The van der Waals surface area contributed by atoms with E-state index in [4.69, 9.17) is 24.4 Å². The van der Waals surface area contributed by atoms with E-state index in [9.17, 15) is 0 Å². The summed E-state index contributed by atoms with van der Waals surface area (Å²) in [6.07, 6.45) is 1.55. The molecule has 0 spiro atoms. The molecule has 26 heavy (non-hydrogen) atoms. The van der Waals surface area contributed by atoms with E-state index in [-0.39, 0.29) is 11.8 Å². The Labute approximate surface area is 147 Å². The smallest absolute Gasteiger partial charge is 0.226 e. The number of methoxy groups -OCH3 is 2. The molecule has 0 aliphatic heterocycles. The number of hydrogen-bond donors (Lipinski definition) is 1. The molecule has 1 aromatic carbocycles. The second-order valence-corrected chi connectivity index (χ2v) is 5.23. The van der Waals surface area contributed by atoms with Crippen LogP contribution in [0.2, 0.25) is 0 Å². The Morgan fingerprint density at radius 1 is 1.04 bits per heavy atom. The molecular formula is C17H15N5O4. The quantitative estimate of drug-likeness (QED) is 0.583. The first-order valence-electron chi connectivity index (χ1n) is 7.65. The molecule has 132 valence electrons. The third-order valence-corrected chi connectivity index (χ3v) is 3.66. The predicted molar refractivity (Wildman–Crippen MR) is 92.5 cm³/mol. The summed E-state index contributed by atoms with van der Waals surface area (Å²) in [5, 5.41) is 4.29. The van der Waals surface area contributed by atoms with Gasteiger partial charge in [-0.25, -0.2) is 4.98 Å². The zero-order valence-corrected chi connectivity index (χ0v) is 14.0. The van der Waals surface area contributed by atoms with Crippen LogP contribution >= 0.6 is 0 Å². The molecule has 3 aromatic heterocycles. The average molecular weight is 353 g/mol. The van der Waals surface area contributed by atoms with Crippen molar-refractivity contribution in [2.45, 2.75) is 0 Å². The summed E-state index contributed by atoms with van der Waals surface area (Å²) in [6.45, 7) is 0. The molecule has 0 fully saturated rings. The van der Waals surface area contributed by atoms with Gasteiger partial charge in [-0.3, -0.25) is 0 Å². The summed E-state index contributed by atoms with van der Waals surface area (Å²) in [4.78, 5) is 8.62. The van der Waals surface area contributed by atoms with E-state index in [0.717, 1.165) is 0 Å². The lowest BCUT2D eigenvalue weighted by Gasteiger charge is -2.13. The van der Waals surface area contributed by atoms with Gasteiger partial charge in [-0.1, -0.05) is 6.07 Å². The summed E-state index contributed by atoms with van der Waals surface area (Å²) in [5.74, 6) is 2.68. The van der Waals surface area contributed by atoms with Crippen LogP contribution in [-0.4, -0.2) is 33.8 Å². The second kappa shape index (κ2) is 6.28. The van der Waals surface area contributed by atoms with Gasteiger partial charge in [0.05, 0.1) is 20.5 Å². The molecule has 0 aliphatic rings. The molecule has 4 rings (SSSR count). The number of para-hydroxylation sites is 1. The molecule has 0 bridgehead atoms. The highest BCUT2D eigenvalue weighted by molar-refractivity contribution is 5.57. The Morgan fingerprint density at radius 2 is 1.81 bits per heavy atom. The first-order chi connectivity index (χ1) is 12.7. The summed E-state index contributed by atoms with van der Waals surface area (Å²) in [7, 11) is 3.08. The van der Waals surface area contributed by atoms with Gasteiger partial charge in [0, 0.05) is 6.07 Å². The van der Waals surface area contributed by atoms with Gasteiger partial charge in [0.2, 0.25) is 23.4 Å². The van der Waals surface area contributed by atoms with Gasteiger partial charge in [0.15, 0.2) is 22.9 Å². The number of rotatable bonds is 5. The Bertz CT molecular complexity index is 1040. The van der Waals surface area contributed by atoms with Crippen LogP contribution in [0.15, 0.2) is 47.1 Å². The summed E-state index contributed by atoms with van der Waals surface area (Å²) in [6, 6.07) is 10.4. The van der Waals surface area contributed by atoms with E-state index in [2.05, 4.69) is 15.1 Å². The van der Waals surface area contributed by atoms with E-state index in [1.807, 2.05) is 0 Å². The van der Waals surface area contributed by atoms with Crippen molar-refractivity contribution in [1.29, 1.82) is 0 Å². The minimum absolute atomic E-state index is 0.122. The van der Waals surface area contributed by atoms with Crippen LogP contribution in [0.5, 0.6) is 23.1 Å². The molecule has 0 saturated carbocycles. The number of nitrogen functional groups attached to an aromatic ring is 1. The first-order valence-corrected chi connectivity index (χ1v) is 7.65. The third kappa shape index (κ3) is 2.65. The number of anilines is 1. The van der Waals surface area contributed by atoms with E-state index in [1.165, 1.54) is 4.52 Å². The third-order valence-electron chi connectivity index (χ3n) is 3.66. The lowest BCUT2D eigenvalue weighted by atomic mass is 10.3. The van der Waals surface area contributed by atoms with Crippen molar-refractivity contribution in [3.05, 3.63) is 42.7 Å². The second-order valence-electron chi connectivity index (χ2n) is 5.23. The Kier molecular flexibility index (Phi) is 3.81. The SMILES string of the molecule is COc1cccc(OC)c1Oc1cc2nc(-c3ccco3)nn2c(N)n1. The Hall–Kier alpha value is -3.75. The van der Waals surface area contributed by atoms with E-state index >= 15 is 0 Å². The lowest BCUT2D eigenvalue weighted by Crippen LogP contribution is -2.04. The number of nitrogens with two attached hydrogens (primary N) is 1. The van der Waals surface area contributed by atoms with Crippen molar-refractivity contribution in [2.75, 3.05) is 20.0 Å². The van der Waals surface area contributed by atoms with Gasteiger partial charge in [-0.15, -0.1) is 5.10 Å². The van der Waals surface area contributed by atoms with Crippen molar-refractivity contribution < 1.29 is 18.6 Å². The molecule has 0 saturated heterocycles. The summed E-state index contributed by atoms with van der Waals surface area (Å²) >= 11 is 0. The molecule has 3 heterocycles. The molecule has 9 heteroatoms. The molecule has 4 aromatic rings. The number of furan rings is 1. The highest BCUT2D eigenvalue weighted by Gasteiger charge is 2.17. The van der Waals surface area contributed by atoms with E-state index < -0.39 is 0 Å². The fraction of sp³-hybridized carbons (Fsp3) is 0.118. The molecule has 0 radical (unpaired) electrons. The van der Waals surface area contributed by atoms with E-state index in [0.29, 0.717) is 34.5 Å². The molecule has 0 atom stereocenters. The number of aromatic nitrogens is 4. The van der Waals surface area contributed by atoms with Crippen molar-refractivity contribution in [1.82, 2.24) is 19.6 Å². The minimum Gasteiger partial charge on any atom is -0.493 e. The number of fused-ring (bicyclic) bond motifs is 1. The Morgan fingerprint density at radius 3 is 2.46 bits per heavy atom. The highest BCUT2D eigenvalue weighted by atomic mass is 16.5. The van der Waals surface area contributed by atoms with Crippen LogP contribution in [0.3, 0.4) is 0 Å². The topological polar surface area (TPSA) is 110 Å². The van der Waals surface area contributed by atoms with E-state index in [1.54, 1.807) is 56.9 Å². The molecule has 2 N–H and O–H groups in total. The monoisotopic (exact) mass is 353 g/mol. The molecule has 0 unspecified atom stereocenters. The number of hydrogen-bond acceptors (Lipinski definition) is 8. The minimum atomic E-state index is 0.122.